The van der Waals surface area contributed by atoms with Crippen LogP contribution in [0.4, 0.5) is 0 Å². The molecule has 2 rings (SSSR count). The van der Waals surface area contributed by atoms with Crippen molar-refractivity contribution in [3.8, 4) is 0 Å². The van der Waals surface area contributed by atoms with Gasteiger partial charge in [0.2, 0.25) is 0 Å². The Morgan fingerprint density at radius 2 is 0.667 bits per heavy atom. The molecule has 0 radical (unpaired) electrons. The SMILES string of the molecule is Cc1cc(C)cc(C)c1.Cc1cc(C)cc(C)c1.[Cl][Ru-]([ClH+])[ClH+].[Cl][Ru]. The molecule has 2 aromatic rings. The summed E-state index contributed by atoms with van der Waals surface area (Å²) in [6, 6.07) is 13.1. The summed E-state index contributed by atoms with van der Waals surface area (Å²) in [5.74, 6) is 0. The maximum absolute atomic E-state index is 5.05. The van der Waals surface area contributed by atoms with Gasteiger partial charge in [0.25, 0.3) is 0 Å². The molecule has 0 aliphatic heterocycles. The zero-order valence-corrected chi connectivity index (χ0v) is 21.4. The first kappa shape index (κ1) is 27.1. The van der Waals surface area contributed by atoms with Gasteiger partial charge in [0.15, 0.2) is 0 Å². The molecule has 0 atom stereocenters. The van der Waals surface area contributed by atoms with E-state index in [9.17, 15) is 0 Å². The van der Waals surface area contributed by atoms with E-state index in [1.165, 1.54) is 33.4 Å². The number of hydrogen-bond donors (Lipinski definition) is 0. The van der Waals surface area contributed by atoms with Crippen molar-refractivity contribution in [1.29, 1.82) is 0 Å². The second-order valence-electron chi connectivity index (χ2n) is 5.50. The third-order valence-corrected chi connectivity index (χ3v) is 2.73. The molecule has 0 N–H and O–H groups in total. The van der Waals surface area contributed by atoms with Gasteiger partial charge in [-0.3, -0.25) is 0 Å². The number of hydrogen-bond acceptors (Lipinski definition) is 0. The van der Waals surface area contributed by atoms with Gasteiger partial charge in [-0.1, -0.05) is 69.8 Å². The molecule has 0 saturated heterocycles. The first-order valence-corrected chi connectivity index (χ1v) is 16.3. The second kappa shape index (κ2) is 16.1. The summed E-state index contributed by atoms with van der Waals surface area (Å²) < 4.78 is 0. The molecule has 0 unspecified atom stereocenters. The fraction of sp³-hybridized carbons (Fsp3) is 0.333. The van der Waals surface area contributed by atoms with Gasteiger partial charge < -0.3 is 0 Å². The van der Waals surface area contributed by atoms with Crippen LogP contribution >= 0.6 is 19.4 Å². The Kier molecular flexibility index (Phi) is 18.1. The maximum atomic E-state index is 5.05. The van der Waals surface area contributed by atoms with Crippen molar-refractivity contribution in [2.45, 2.75) is 41.5 Å². The van der Waals surface area contributed by atoms with Crippen molar-refractivity contribution in [1.82, 2.24) is 0 Å². The van der Waals surface area contributed by atoms with Crippen molar-refractivity contribution < 1.29 is 49.7 Å². The Bertz CT molecular complexity index is 434. The van der Waals surface area contributed by atoms with Crippen LogP contribution in [-0.4, -0.2) is 0 Å². The summed E-state index contributed by atoms with van der Waals surface area (Å²) in [6.07, 6.45) is 0. The van der Waals surface area contributed by atoms with Gasteiger partial charge in [0, 0.05) is 0 Å². The Balaban J connectivity index is 0. The molecule has 0 amide bonds. The van der Waals surface area contributed by atoms with Crippen LogP contribution in [0.3, 0.4) is 0 Å². The van der Waals surface area contributed by atoms with Crippen LogP contribution in [0.2, 0.25) is 0 Å². The molecule has 0 aliphatic carbocycles. The van der Waals surface area contributed by atoms with E-state index in [0.717, 1.165) is 0 Å². The molecule has 0 heterocycles. The predicted molar refractivity (Wildman–Crippen MR) is 95.8 cm³/mol. The third kappa shape index (κ3) is 17.7. The van der Waals surface area contributed by atoms with Crippen LogP contribution in [0, 0.1) is 60.9 Å². The first-order chi connectivity index (χ1) is 11.1. The number of halogens is 4. The Hall–Kier alpha value is 0.847. The Morgan fingerprint density at radius 3 is 0.750 bits per heavy atom. The van der Waals surface area contributed by atoms with E-state index in [1.807, 2.05) is 17.3 Å². The van der Waals surface area contributed by atoms with E-state index in [2.05, 4.69) is 107 Å². The average molecular weight is 586 g/mol. The molecule has 141 valence electrons. The minimum absolute atomic E-state index is 1.35. The molecule has 0 spiro atoms. The van der Waals surface area contributed by atoms with Gasteiger partial charge in [-0.2, -0.15) is 0 Å². The molecule has 0 aromatic heterocycles. The number of rotatable bonds is 0. The van der Waals surface area contributed by atoms with Gasteiger partial charge in [0.05, 0.1) is 0 Å². The van der Waals surface area contributed by atoms with Crippen molar-refractivity contribution in [2.24, 2.45) is 0 Å². The van der Waals surface area contributed by atoms with E-state index in [-0.39, 0.29) is 0 Å². The van der Waals surface area contributed by atoms with Crippen LogP contribution in [-0.2, 0) is 30.3 Å². The zero-order chi connectivity index (χ0) is 19.3. The van der Waals surface area contributed by atoms with E-state index in [0.29, 0.717) is 0 Å². The summed E-state index contributed by atoms with van der Waals surface area (Å²) in [7, 11) is 18.3. The predicted octanol–water partition coefficient (Wildman–Crippen LogP) is 6.06. The topological polar surface area (TPSA) is 0 Å². The third-order valence-electron chi connectivity index (χ3n) is 2.73. The van der Waals surface area contributed by atoms with Gasteiger partial charge >= 0.3 is 69.1 Å². The van der Waals surface area contributed by atoms with Crippen LogP contribution in [0.15, 0.2) is 36.4 Å². The fourth-order valence-corrected chi connectivity index (χ4v) is 2.40. The minimum atomic E-state index is -1.53. The Morgan fingerprint density at radius 1 is 0.583 bits per heavy atom. The summed E-state index contributed by atoms with van der Waals surface area (Å²) in [5, 5.41) is 0. The Labute approximate surface area is 179 Å². The van der Waals surface area contributed by atoms with Crippen molar-refractivity contribution in [3.05, 3.63) is 69.8 Å². The van der Waals surface area contributed by atoms with Crippen LogP contribution in [0.1, 0.15) is 33.4 Å². The molecular weight excluding hydrogens is 560 g/mol. The molecule has 0 aliphatic rings. The summed E-state index contributed by atoms with van der Waals surface area (Å²) in [5.41, 5.74) is 8.13. The summed E-state index contributed by atoms with van der Waals surface area (Å²) in [4.78, 5) is 0. The van der Waals surface area contributed by atoms with Gasteiger partial charge in [0.1, 0.15) is 0 Å². The molecule has 2 aromatic carbocycles. The van der Waals surface area contributed by atoms with Crippen LogP contribution in [0.25, 0.3) is 0 Å². The van der Waals surface area contributed by atoms with E-state index in [4.69, 9.17) is 9.69 Å². The molecule has 0 fully saturated rings. The average Bonchev–Trinajstić information content (AvgIpc) is 2.37. The molecular formula is C18H26Cl4Ru2+. The fourth-order valence-electron chi connectivity index (χ4n) is 2.40. The van der Waals surface area contributed by atoms with E-state index >= 15 is 0 Å². The second-order valence-corrected chi connectivity index (χ2v) is 14.3. The van der Waals surface area contributed by atoms with Crippen LogP contribution in [0.5, 0.6) is 0 Å². The number of aryl methyl sites for hydroxylation is 6. The quantitative estimate of drug-likeness (QED) is 0.330. The van der Waals surface area contributed by atoms with Crippen molar-refractivity contribution in [2.75, 3.05) is 0 Å². The van der Waals surface area contributed by atoms with E-state index < -0.39 is 13.0 Å². The van der Waals surface area contributed by atoms with Crippen LogP contribution < -0.4 is 0 Å². The monoisotopic (exact) mass is 586 g/mol. The molecule has 0 nitrogen and oxygen atoms in total. The first-order valence-electron chi connectivity index (χ1n) is 7.02. The van der Waals surface area contributed by atoms with Crippen molar-refractivity contribution in [3.63, 3.8) is 0 Å². The standard InChI is InChI=1S/2C9H12.4ClH.2Ru/c2*1-7-4-8(2)6-9(3)5-7;;;;;;/h2*4-6H,1-3H3;4*1H;;/q;;;;;;+1;+2/p-2. The van der Waals surface area contributed by atoms with E-state index in [1.54, 1.807) is 0 Å². The van der Waals surface area contributed by atoms with Gasteiger partial charge in [-0.05, 0) is 41.5 Å². The normalized spacial score (nSPS) is 9.38. The molecule has 0 bridgehead atoms. The van der Waals surface area contributed by atoms with Crippen molar-refractivity contribution >= 4 is 19.4 Å². The van der Waals surface area contributed by atoms with Gasteiger partial charge in [-0.25, -0.2) is 0 Å². The zero-order valence-electron chi connectivity index (χ0n) is 14.7. The van der Waals surface area contributed by atoms with Gasteiger partial charge in [-0.15, -0.1) is 0 Å². The number of benzene rings is 2. The summed E-state index contributed by atoms with van der Waals surface area (Å²) in [6.45, 7) is 12.8. The molecule has 0 saturated carbocycles. The molecule has 6 heteroatoms. The summed E-state index contributed by atoms with van der Waals surface area (Å²) >= 11 is 0.291. The molecule has 24 heavy (non-hydrogen) atoms.